The number of benzene rings is 2. The van der Waals surface area contributed by atoms with E-state index in [1.807, 2.05) is 0 Å². The highest BCUT2D eigenvalue weighted by molar-refractivity contribution is 5.97. The first-order valence-electron chi connectivity index (χ1n) is 8.91. The summed E-state index contributed by atoms with van der Waals surface area (Å²) in [5.74, 6) is -1.67. The van der Waals surface area contributed by atoms with Crippen molar-refractivity contribution in [3.8, 4) is 0 Å². The summed E-state index contributed by atoms with van der Waals surface area (Å²) in [5, 5.41) is 5.08. The summed E-state index contributed by atoms with van der Waals surface area (Å²) in [6.45, 7) is 6.67. The van der Waals surface area contributed by atoms with Gasteiger partial charge in [0, 0.05) is 11.4 Å². The zero-order valence-electron chi connectivity index (χ0n) is 16.6. The van der Waals surface area contributed by atoms with Crippen LogP contribution in [0, 0.1) is 5.82 Å². The predicted molar refractivity (Wildman–Crippen MR) is 106 cm³/mol. The fourth-order valence-corrected chi connectivity index (χ4v) is 2.17. The van der Waals surface area contributed by atoms with Gasteiger partial charge in [-0.15, -0.1) is 0 Å². The molecule has 0 unspecified atom stereocenters. The van der Waals surface area contributed by atoms with Gasteiger partial charge in [-0.2, -0.15) is 0 Å². The smallest absolute Gasteiger partial charge is 0.412 e. The Morgan fingerprint density at radius 1 is 0.897 bits per heavy atom. The molecule has 2 N–H and O–H groups in total. The average Bonchev–Trinajstić information content (AvgIpc) is 2.62. The lowest BCUT2D eigenvalue weighted by Crippen LogP contribution is -2.30. The topological polar surface area (TPSA) is 93.7 Å². The Hall–Kier alpha value is -3.42. The van der Waals surface area contributed by atoms with Crippen molar-refractivity contribution in [2.24, 2.45) is 0 Å². The summed E-state index contributed by atoms with van der Waals surface area (Å²) in [4.78, 5) is 36.1. The average molecular weight is 402 g/mol. The van der Waals surface area contributed by atoms with Crippen LogP contribution in [0.1, 0.15) is 38.1 Å². The van der Waals surface area contributed by atoms with E-state index in [2.05, 4.69) is 10.6 Å². The molecule has 0 saturated heterocycles. The van der Waals surface area contributed by atoms with E-state index in [-0.39, 0.29) is 5.56 Å². The number of carbonyl (C=O) groups excluding carboxylic acids is 3. The Morgan fingerprint density at radius 3 is 1.97 bits per heavy atom. The number of rotatable bonds is 5. The van der Waals surface area contributed by atoms with Crippen molar-refractivity contribution in [3.05, 3.63) is 59.9 Å². The molecule has 1 atom stereocenters. The van der Waals surface area contributed by atoms with Crippen molar-refractivity contribution in [2.45, 2.75) is 39.4 Å². The van der Waals surface area contributed by atoms with Crippen LogP contribution >= 0.6 is 0 Å². The second-order valence-corrected chi connectivity index (χ2v) is 7.25. The first-order valence-corrected chi connectivity index (χ1v) is 8.91. The van der Waals surface area contributed by atoms with Crippen molar-refractivity contribution in [1.29, 1.82) is 0 Å². The maximum Gasteiger partial charge on any atom is 0.412 e. The fourth-order valence-electron chi connectivity index (χ4n) is 2.17. The minimum atomic E-state index is -1.06. The highest BCUT2D eigenvalue weighted by atomic mass is 19.1. The normalized spacial score (nSPS) is 11.9. The van der Waals surface area contributed by atoms with Crippen molar-refractivity contribution < 1.29 is 28.2 Å². The van der Waals surface area contributed by atoms with E-state index in [9.17, 15) is 18.8 Å². The number of nitrogens with one attached hydrogen (secondary N) is 2. The molecule has 2 aromatic rings. The minimum absolute atomic E-state index is 0.209. The molecular formula is C21H23FN2O5. The van der Waals surface area contributed by atoms with Gasteiger partial charge in [0.15, 0.2) is 6.10 Å². The third kappa shape index (κ3) is 7.25. The largest absolute Gasteiger partial charge is 0.449 e. The van der Waals surface area contributed by atoms with Gasteiger partial charge in [0.2, 0.25) is 0 Å². The van der Waals surface area contributed by atoms with Gasteiger partial charge in [0.25, 0.3) is 5.91 Å². The molecule has 0 bridgehead atoms. The van der Waals surface area contributed by atoms with Gasteiger partial charge in [0.05, 0.1) is 5.56 Å². The summed E-state index contributed by atoms with van der Waals surface area (Å²) in [7, 11) is 0. The van der Waals surface area contributed by atoms with E-state index >= 15 is 0 Å². The molecule has 0 spiro atoms. The molecule has 29 heavy (non-hydrogen) atoms. The molecule has 8 heteroatoms. The Balaban J connectivity index is 1.90. The first-order chi connectivity index (χ1) is 13.5. The number of anilines is 2. The molecule has 0 fully saturated rings. The van der Waals surface area contributed by atoms with Crippen molar-refractivity contribution >= 4 is 29.3 Å². The highest BCUT2D eigenvalue weighted by Crippen LogP contribution is 2.15. The minimum Gasteiger partial charge on any atom is -0.449 e. The van der Waals surface area contributed by atoms with Gasteiger partial charge >= 0.3 is 12.1 Å². The van der Waals surface area contributed by atoms with Crippen LogP contribution in [0.25, 0.3) is 0 Å². The van der Waals surface area contributed by atoms with Crippen LogP contribution < -0.4 is 10.6 Å². The van der Waals surface area contributed by atoms with E-state index in [0.717, 1.165) is 0 Å². The Bertz CT molecular complexity index is 873. The SMILES string of the molecule is C[C@@H](OC(=O)c1ccc(NC(=O)OC(C)(C)C)cc1)C(=O)Nc1ccc(F)cc1. The summed E-state index contributed by atoms with van der Waals surface area (Å²) in [5.41, 5.74) is 0.411. The highest BCUT2D eigenvalue weighted by Gasteiger charge is 2.20. The zero-order valence-corrected chi connectivity index (χ0v) is 16.6. The van der Waals surface area contributed by atoms with Crippen LogP contribution in [-0.4, -0.2) is 29.7 Å². The Labute approximate surface area is 168 Å². The molecule has 0 radical (unpaired) electrons. The molecule has 0 aliphatic carbocycles. The lowest BCUT2D eigenvalue weighted by molar-refractivity contribution is -0.123. The van der Waals surface area contributed by atoms with Crippen LogP contribution in [0.2, 0.25) is 0 Å². The third-order valence-electron chi connectivity index (χ3n) is 3.53. The van der Waals surface area contributed by atoms with Crippen LogP contribution in [0.3, 0.4) is 0 Å². The molecule has 0 heterocycles. The molecule has 2 aromatic carbocycles. The van der Waals surface area contributed by atoms with Crippen LogP contribution in [0.4, 0.5) is 20.6 Å². The van der Waals surface area contributed by atoms with Crippen molar-refractivity contribution in [1.82, 2.24) is 0 Å². The van der Waals surface area contributed by atoms with Crippen LogP contribution in [-0.2, 0) is 14.3 Å². The van der Waals surface area contributed by atoms with Gasteiger partial charge < -0.3 is 14.8 Å². The molecule has 2 rings (SSSR count). The lowest BCUT2D eigenvalue weighted by atomic mass is 10.2. The summed E-state index contributed by atoms with van der Waals surface area (Å²) in [6, 6.07) is 11.2. The van der Waals surface area contributed by atoms with Crippen LogP contribution in [0.15, 0.2) is 48.5 Å². The van der Waals surface area contributed by atoms with Gasteiger partial charge in [-0.3, -0.25) is 10.1 Å². The second kappa shape index (κ2) is 9.18. The summed E-state index contributed by atoms with van der Waals surface area (Å²) < 4.78 is 23.2. The number of esters is 1. The maximum absolute atomic E-state index is 12.9. The maximum atomic E-state index is 12.9. The van der Waals surface area contributed by atoms with Crippen LogP contribution in [0.5, 0.6) is 0 Å². The number of carbonyl (C=O) groups is 3. The zero-order chi connectivity index (χ0) is 21.6. The van der Waals surface area contributed by atoms with E-state index in [0.29, 0.717) is 11.4 Å². The number of hydrogen-bond acceptors (Lipinski definition) is 5. The standard InChI is InChI=1S/C21H23FN2O5/c1-13(18(25)23-16-11-7-15(22)8-12-16)28-19(26)14-5-9-17(10-6-14)24-20(27)29-21(2,3)4/h5-13H,1-4H3,(H,23,25)(H,24,27)/t13-/m1/s1. The Morgan fingerprint density at radius 2 is 1.41 bits per heavy atom. The molecule has 2 amide bonds. The molecule has 154 valence electrons. The lowest BCUT2D eigenvalue weighted by Gasteiger charge is -2.19. The van der Waals surface area contributed by atoms with Crippen molar-refractivity contribution in [3.63, 3.8) is 0 Å². The molecule has 0 saturated carbocycles. The Kier molecular flexibility index (Phi) is 6.93. The summed E-state index contributed by atoms with van der Waals surface area (Å²) >= 11 is 0. The third-order valence-corrected chi connectivity index (χ3v) is 3.53. The molecule has 0 aromatic heterocycles. The number of amides is 2. The number of halogens is 1. The summed E-state index contributed by atoms with van der Waals surface area (Å²) in [6.07, 6.45) is -1.67. The molecular weight excluding hydrogens is 379 g/mol. The molecule has 0 aliphatic rings. The van der Waals surface area contributed by atoms with Crippen molar-refractivity contribution in [2.75, 3.05) is 10.6 Å². The van der Waals surface area contributed by atoms with E-state index in [4.69, 9.17) is 9.47 Å². The van der Waals surface area contributed by atoms with E-state index in [1.165, 1.54) is 55.5 Å². The molecule has 7 nitrogen and oxygen atoms in total. The van der Waals surface area contributed by atoms with Gasteiger partial charge in [-0.25, -0.2) is 14.0 Å². The quantitative estimate of drug-likeness (QED) is 0.725. The molecule has 0 aliphatic heterocycles. The number of hydrogen-bond donors (Lipinski definition) is 2. The number of ether oxygens (including phenoxy) is 2. The second-order valence-electron chi connectivity index (χ2n) is 7.25. The van der Waals surface area contributed by atoms with Gasteiger partial charge in [-0.1, -0.05) is 0 Å². The predicted octanol–water partition coefficient (Wildman–Crippen LogP) is 4.36. The fraction of sp³-hybridized carbons (Fsp3) is 0.286. The van der Waals surface area contributed by atoms with E-state index in [1.54, 1.807) is 20.8 Å². The van der Waals surface area contributed by atoms with E-state index < -0.39 is 35.5 Å². The van der Waals surface area contributed by atoms with Gasteiger partial charge in [0.1, 0.15) is 11.4 Å². The monoisotopic (exact) mass is 402 g/mol. The van der Waals surface area contributed by atoms with Gasteiger partial charge in [-0.05, 0) is 76.2 Å². The first kappa shape index (κ1) is 21.9.